The summed E-state index contributed by atoms with van der Waals surface area (Å²) in [5.74, 6) is 1.34. The van der Waals surface area contributed by atoms with E-state index in [2.05, 4.69) is 34.5 Å². The lowest BCUT2D eigenvalue weighted by atomic mass is 10.2. The number of rotatable bonds is 9. The van der Waals surface area contributed by atoms with E-state index in [0.29, 0.717) is 25.0 Å². The lowest BCUT2D eigenvalue weighted by Crippen LogP contribution is -2.38. The zero-order chi connectivity index (χ0) is 16.4. The van der Waals surface area contributed by atoms with Gasteiger partial charge in [0.1, 0.15) is 5.82 Å². The number of alkyl halides is 2. The average molecular weight is 317 g/mol. The molecule has 0 fully saturated rings. The number of ether oxygens (including phenoxy) is 1. The zero-order valence-corrected chi connectivity index (χ0v) is 13.4. The number of halogens is 2. The SMILES string of the molecule is CN=C(NCCCOCC(C)C)NCc1nccn1C(F)F. The molecule has 8 heteroatoms. The van der Waals surface area contributed by atoms with Crippen molar-refractivity contribution < 1.29 is 13.5 Å². The van der Waals surface area contributed by atoms with Crippen LogP contribution < -0.4 is 10.6 Å². The topological polar surface area (TPSA) is 63.5 Å². The first-order valence-corrected chi connectivity index (χ1v) is 7.36. The van der Waals surface area contributed by atoms with Crippen molar-refractivity contribution >= 4 is 5.96 Å². The van der Waals surface area contributed by atoms with Crippen LogP contribution in [0.3, 0.4) is 0 Å². The number of nitrogens with one attached hydrogen (secondary N) is 2. The lowest BCUT2D eigenvalue weighted by Gasteiger charge is -2.13. The smallest absolute Gasteiger partial charge is 0.319 e. The van der Waals surface area contributed by atoms with E-state index in [1.807, 2.05) is 0 Å². The second-order valence-electron chi connectivity index (χ2n) is 5.20. The molecule has 2 N–H and O–H groups in total. The van der Waals surface area contributed by atoms with Gasteiger partial charge in [0.15, 0.2) is 5.96 Å². The fourth-order valence-electron chi connectivity index (χ4n) is 1.74. The summed E-state index contributed by atoms with van der Waals surface area (Å²) in [4.78, 5) is 7.94. The molecule has 1 heterocycles. The quantitative estimate of drug-likeness (QED) is 0.415. The Morgan fingerprint density at radius 2 is 2.18 bits per heavy atom. The Bertz CT molecular complexity index is 448. The first-order chi connectivity index (χ1) is 10.5. The van der Waals surface area contributed by atoms with Crippen molar-refractivity contribution in [3.8, 4) is 0 Å². The van der Waals surface area contributed by atoms with Crippen molar-refractivity contribution in [1.82, 2.24) is 20.2 Å². The van der Waals surface area contributed by atoms with Gasteiger partial charge >= 0.3 is 6.55 Å². The van der Waals surface area contributed by atoms with Gasteiger partial charge in [0.25, 0.3) is 0 Å². The molecule has 1 aromatic heterocycles. The highest BCUT2D eigenvalue weighted by molar-refractivity contribution is 5.79. The van der Waals surface area contributed by atoms with E-state index < -0.39 is 6.55 Å². The minimum atomic E-state index is -2.59. The maximum atomic E-state index is 12.7. The van der Waals surface area contributed by atoms with Crippen molar-refractivity contribution in [2.24, 2.45) is 10.9 Å². The predicted molar refractivity (Wildman–Crippen MR) is 82.0 cm³/mol. The summed E-state index contributed by atoms with van der Waals surface area (Å²) in [6, 6.07) is 0. The Balaban J connectivity index is 2.24. The van der Waals surface area contributed by atoms with Crippen molar-refractivity contribution in [3.05, 3.63) is 18.2 Å². The van der Waals surface area contributed by atoms with Crippen LogP contribution in [0.15, 0.2) is 17.4 Å². The molecule has 0 atom stereocenters. The van der Waals surface area contributed by atoms with Gasteiger partial charge in [0.05, 0.1) is 6.54 Å². The summed E-state index contributed by atoms with van der Waals surface area (Å²) in [5.41, 5.74) is 0. The fraction of sp³-hybridized carbons (Fsp3) is 0.714. The van der Waals surface area contributed by atoms with Crippen molar-refractivity contribution in [2.45, 2.75) is 33.4 Å². The van der Waals surface area contributed by atoms with Crippen molar-refractivity contribution in [3.63, 3.8) is 0 Å². The summed E-state index contributed by atoms with van der Waals surface area (Å²) < 4.78 is 31.7. The summed E-state index contributed by atoms with van der Waals surface area (Å²) in [6.07, 6.45) is 3.45. The van der Waals surface area contributed by atoms with E-state index in [1.165, 1.54) is 12.4 Å². The highest BCUT2D eigenvalue weighted by atomic mass is 19.3. The number of imidazole rings is 1. The molecule has 0 unspecified atom stereocenters. The van der Waals surface area contributed by atoms with Crippen LogP contribution in [-0.4, -0.2) is 42.3 Å². The van der Waals surface area contributed by atoms with Crippen LogP contribution in [-0.2, 0) is 11.3 Å². The van der Waals surface area contributed by atoms with Gasteiger partial charge in [-0.3, -0.25) is 9.56 Å². The van der Waals surface area contributed by atoms with Gasteiger partial charge in [0, 0.05) is 39.2 Å². The van der Waals surface area contributed by atoms with Crippen LogP contribution in [0, 0.1) is 5.92 Å². The van der Waals surface area contributed by atoms with Gasteiger partial charge < -0.3 is 15.4 Å². The summed E-state index contributed by atoms with van der Waals surface area (Å²) in [7, 11) is 1.63. The molecule has 1 rings (SSSR count). The minimum Gasteiger partial charge on any atom is -0.381 e. The third-order valence-corrected chi connectivity index (χ3v) is 2.81. The molecule has 6 nitrogen and oxygen atoms in total. The number of aliphatic imine (C=N–C) groups is 1. The molecule has 0 bridgehead atoms. The third-order valence-electron chi connectivity index (χ3n) is 2.81. The van der Waals surface area contributed by atoms with Gasteiger partial charge in [0.2, 0.25) is 0 Å². The summed E-state index contributed by atoms with van der Waals surface area (Å²) >= 11 is 0. The normalized spacial score (nSPS) is 12.2. The van der Waals surface area contributed by atoms with Crippen LogP contribution in [0.2, 0.25) is 0 Å². The standard InChI is InChI=1S/C14H25F2N5O/c1-11(2)10-22-8-4-5-19-14(17-3)20-9-12-18-6-7-21(12)13(15)16/h6-7,11,13H,4-5,8-10H2,1-3H3,(H2,17,19,20). The van der Waals surface area contributed by atoms with Crippen molar-refractivity contribution in [2.75, 3.05) is 26.8 Å². The number of guanidine groups is 1. The van der Waals surface area contributed by atoms with Crippen LogP contribution >= 0.6 is 0 Å². The Hall–Kier alpha value is -1.70. The monoisotopic (exact) mass is 317 g/mol. The number of hydrogen-bond acceptors (Lipinski definition) is 3. The van der Waals surface area contributed by atoms with E-state index in [0.717, 1.165) is 17.6 Å². The molecule has 22 heavy (non-hydrogen) atoms. The van der Waals surface area contributed by atoms with Gasteiger partial charge in [-0.2, -0.15) is 8.78 Å². The second-order valence-corrected chi connectivity index (χ2v) is 5.20. The van der Waals surface area contributed by atoms with E-state index >= 15 is 0 Å². The van der Waals surface area contributed by atoms with Gasteiger partial charge in [-0.1, -0.05) is 13.8 Å². The molecular formula is C14H25F2N5O. The molecule has 0 amide bonds. The van der Waals surface area contributed by atoms with E-state index in [-0.39, 0.29) is 12.4 Å². The molecular weight excluding hydrogens is 292 g/mol. The Labute approximate surface area is 130 Å². The number of aromatic nitrogens is 2. The molecule has 1 aromatic rings. The highest BCUT2D eigenvalue weighted by Gasteiger charge is 2.11. The van der Waals surface area contributed by atoms with Crippen LogP contribution in [0.4, 0.5) is 8.78 Å². The Morgan fingerprint density at radius 3 is 2.82 bits per heavy atom. The van der Waals surface area contributed by atoms with Gasteiger partial charge in [-0.15, -0.1) is 0 Å². The lowest BCUT2D eigenvalue weighted by molar-refractivity contribution is 0.0668. The Morgan fingerprint density at radius 1 is 1.41 bits per heavy atom. The van der Waals surface area contributed by atoms with Gasteiger partial charge in [-0.25, -0.2) is 4.98 Å². The van der Waals surface area contributed by atoms with Crippen molar-refractivity contribution in [1.29, 1.82) is 0 Å². The largest absolute Gasteiger partial charge is 0.381 e. The first kappa shape index (κ1) is 18.3. The summed E-state index contributed by atoms with van der Waals surface area (Å²) in [6.45, 7) is 3.93. The predicted octanol–water partition coefficient (Wildman–Crippen LogP) is 2.01. The second kappa shape index (κ2) is 10.1. The minimum absolute atomic E-state index is 0.181. The van der Waals surface area contributed by atoms with Crippen LogP contribution in [0.25, 0.3) is 0 Å². The first-order valence-electron chi connectivity index (χ1n) is 7.36. The fourth-order valence-corrected chi connectivity index (χ4v) is 1.74. The van der Waals surface area contributed by atoms with Gasteiger partial charge in [-0.05, 0) is 12.3 Å². The molecule has 0 spiro atoms. The highest BCUT2D eigenvalue weighted by Crippen LogP contribution is 2.11. The van der Waals surface area contributed by atoms with E-state index in [4.69, 9.17) is 4.74 Å². The molecule has 0 aromatic carbocycles. The zero-order valence-electron chi connectivity index (χ0n) is 13.4. The maximum absolute atomic E-state index is 12.7. The van der Waals surface area contributed by atoms with Crippen LogP contribution in [0.5, 0.6) is 0 Å². The molecule has 126 valence electrons. The van der Waals surface area contributed by atoms with E-state index in [1.54, 1.807) is 7.05 Å². The molecule has 0 saturated carbocycles. The average Bonchev–Trinajstić information content (AvgIpc) is 2.94. The summed E-state index contributed by atoms with van der Waals surface area (Å²) in [5, 5.41) is 6.06. The molecule has 0 aliphatic rings. The number of nitrogens with zero attached hydrogens (tertiary/aromatic N) is 3. The molecule has 0 aliphatic heterocycles. The third kappa shape index (κ3) is 6.84. The molecule has 0 saturated heterocycles. The molecule has 0 aliphatic carbocycles. The molecule has 0 radical (unpaired) electrons. The number of hydrogen-bond donors (Lipinski definition) is 2. The Kier molecular flexibility index (Phi) is 8.42. The van der Waals surface area contributed by atoms with E-state index in [9.17, 15) is 8.78 Å². The maximum Gasteiger partial charge on any atom is 0.319 e. The van der Waals surface area contributed by atoms with Crippen LogP contribution in [0.1, 0.15) is 32.6 Å².